The highest BCUT2D eigenvalue weighted by Crippen LogP contribution is 2.30. The van der Waals surface area contributed by atoms with E-state index in [4.69, 9.17) is 0 Å². The lowest BCUT2D eigenvalue weighted by molar-refractivity contribution is -0.115. The lowest BCUT2D eigenvalue weighted by Gasteiger charge is -2.07. The molecule has 2 N–H and O–H groups in total. The molecule has 1 amide bonds. The molecule has 0 atom stereocenters. The molecule has 8 heteroatoms. The molecular weight excluding hydrogens is 402 g/mol. The third-order valence-corrected chi connectivity index (χ3v) is 6.42. The van der Waals surface area contributed by atoms with Crippen LogP contribution in [0.3, 0.4) is 0 Å². The highest BCUT2D eigenvalue weighted by Gasteiger charge is 2.24. The Morgan fingerprint density at radius 1 is 1.24 bits per heavy atom. The Hall–Kier alpha value is -2.42. The first-order valence-electron chi connectivity index (χ1n) is 9.53. The topological polar surface area (TPSA) is 73.4 Å². The molecule has 29 heavy (non-hydrogen) atoms. The zero-order valence-electron chi connectivity index (χ0n) is 16.4. The summed E-state index contributed by atoms with van der Waals surface area (Å²) in [4.78, 5) is 28.4. The number of hydrogen-bond acceptors (Lipinski definition) is 6. The number of carbonyl (C=O) groups excluding carboxylic acids is 1. The molecule has 0 spiro atoms. The molecule has 2 aromatic heterocycles. The fraction of sp³-hybridized carbons (Fsp3) is 0.286. The van der Waals surface area contributed by atoms with Gasteiger partial charge in [-0.1, -0.05) is 0 Å². The van der Waals surface area contributed by atoms with Crippen LogP contribution in [-0.4, -0.2) is 46.6 Å². The number of aromatic amines is 1. The predicted octanol–water partition coefficient (Wildman–Crippen LogP) is 4.40. The van der Waals surface area contributed by atoms with Crippen LogP contribution in [0.4, 0.5) is 5.69 Å². The van der Waals surface area contributed by atoms with Gasteiger partial charge < -0.3 is 15.2 Å². The molecule has 1 aliphatic heterocycles. The van der Waals surface area contributed by atoms with Gasteiger partial charge in [0.2, 0.25) is 0 Å². The van der Waals surface area contributed by atoms with Crippen molar-refractivity contribution in [1.82, 2.24) is 20.2 Å². The average molecular weight is 426 g/mol. The Bertz CT molecular complexity index is 1080. The first kappa shape index (κ1) is 19.9. The molecule has 0 saturated carbocycles. The molecule has 4 rings (SSSR count). The summed E-state index contributed by atoms with van der Waals surface area (Å²) in [6.07, 6.45) is 8.92. The van der Waals surface area contributed by atoms with Crippen LogP contribution in [0.15, 0.2) is 46.6 Å². The number of fused-ring (bicyclic) bond motifs is 1. The molecule has 1 aliphatic rings. The number of nitrogens with one attached hydrogen (secondary N) is 2. The molecule has 0 radical (unpaired) electrons. The van der Waals surface area contributed by atoms with Crippen molar-refractivity contribution in [3.63, 3.8) is 0 Å². The van der Waals surface area contributed by atoms with E-state index in [-0.39, 0.29) is 5.91 Å². The van der Waals surface area contributed by atoms with Crippen molar-refractivity contribution in [2.45, 2.75) is 19.3 Å². The van der Waals surface area contributed by atoms with Crippen LogP contribution < -0.4 is 5.32 Å². The van der Waals surface area contributed by atoms with Gasteiger partial charge in [0.25, 0.3) is 5.91 Å². The predicted molar refractivity (Wildman–Crippen MR) is 123 cm³/mol. The first-order valence-corrected chi connectivity index (χ1v) is 11.2. The second-order valence-electron chi connectivity index (χ2n) is 7.15. The summed E-state index contributed by atoms with van der Waals surface area (Å²) in [7, 11) is 4.18. The summed E-state index contributed by atoms with van der Waals surface area (Å²) >= 11 is 3.02. The number of amides is 1. The minimum atomic E-state index is -0.114. The first-order chi connectivity index (χ1) is 14.1. The number of aliphatic imine (C=N–C) groups is 1. The number of rotatable bonds is 7. The second-order valence-corrected chi connectivity index (χ2v) is 9.33. The van der Waals surface area contributed by atoms with E-state index in [0.29, 0.717) is 10.1 Å². The van der Waals surface area contributed by atoms with E-state index in [9.17, 15) is 4.79 Å². The average Bonchev–Trinajstić information content (AvgIpc) is 3.40. The second kappa shape index (κ2) is 8.94. The molecule has 150 valence electrons. The summed E-state index contributed by atoms with van der Waals surface area (Å²) in [6, 6.07) is 7.93. The van der Waals surface area contributed by atoms with Crippen LogP contribution in [0.5, 0.6) is 0 Å². The normalized spacial score (nSPS) is 17.1. The Labute approximate surface area is 178 Å². The lowest BCUT2D eigenvalue weighted by Crippen LogP contribution is -2.19. The molecule has 3 aromatic rings. The quantitative estimate of drug-likeness (QED) is 0.435. The van der Waals surface area contributed by atoms with Crippen LogP contribution >= 0.6 is 23.1 Å². The fourth-order valence-corrected chi connectivity index (χ4v) is 4.86. The maximum absolute atomic E-state index is 12.3. The fourth-order valence-electron chi connectivity index (χ4n) is 3.05. The van der Waals surface area contributed by atoms with Crippen LogP contribution in [0.2, 0.25) is 0 Å². The number of amidine groups is 1. The number of H-pyrrole nitrogens is 1. The molecule has 1 aromatic carbocycles. The van der Waals surface area contributed by atoms with Gasteiger partial charge in [-0.05, 0) is 82.0 Å². The molecule has 1 saturated heterocycles. The van der Waals surface area contributed by atoms with Crippen molar-refractivity contribution in [3.05, 3.63) is 51.4 Å². The number of unbranched alkanes of at least 4 members (excludes halogenated alkanes) is 1. The molecule has 0 aliphatic carbocycles. The Morgan fingerprint density at radius 3 is 3.00 bits per heavy atom. The van der Waals surface area contributed by atoms with Gasteiger partial charge in [0.05, 0.1) is 15.6 Å². The lowest BCUT2D eigenvalue weighted by atomic mass is 10.2. The number of nitrogens with zero attached hydrogens (tertiary/aromatic N) is 3. The van der Waals surface area contributed by atoms with Crippen LogP contribution in [-0.2, 0) is 11.2 Å². The van der Waals surface area contributed by atoms with E-state index in [0.717, 1.165) is 52.3 Å². The molecule has 0 unspecified atom stereocenters. The smallest absolute Gasteiger partial charge is 0.264 e. The minimum Gasteiger partial charge on any atom is -0.361 e. The molecule has 3 heterocycles. The van der Waals surface area contributed by atoms with Crippen molar-refractivity contribution < 1.29 is 4.79 Å². The van der Waals surface area contributed by atoms with Gasteiger partial charge in [-0.3, -0.25) is 4.79 Å². The van der Waals surface area contributed by atoms with Gasteiger partial charge in [-0.15, -0.1) is 11.3 Å². The zero-order valence-corrected chi connectivity index (χ0v) is 18.1. The van der Waals surface area contributed by atoms with Crippen LogP contribution in [0.25, 0.3) is 17.0 Å². The largest absolute Gasteiger partial charge is 0.361 e. The summed E-state index contributed by atoms with van der Waals surface area (Å²) in [5, 5.41) is 5.67. The van der Waals surface area contributed by atoms with E-state index in [1.807, 2.05) is 42.7 Å². The Kier molecular flexibility index (Phi) is 6.13. The maximum Gasteiger partial charge on any atom is 0.264 e. The number of benzene rings is 1. The third kappa shape index (κ3) is 5.14. The van der Waals surface area contributed by atoms with Crippen molar-refractivity contribution in [2.75, 3.05) is 20.6 Å². The van der Waals surface area contributed by atoms with Crippen molar-refractivity contribution in [1.29, 1.82) is 0 Å². The highest BCUT2D eigenvalue weighted by atomic mass is 32.2. The summed E-state index contributed by atoms with van der Waals surface area (Å²) < 4.78 is 0. The number of aryl methyl sites for hydroxylation is 1. The van der Waals surface area contributed by atoms with Gasteiger partial charge >= 0.3 is 0 Å². The van der Waals surface area contributed by atoms with Gasteiger partial charge in [0.15, 0.2) is 5.17 Å². The number of carbonyl (C=O) groups is 1. The van der Waals surface area contributed by atoms with Gasteiger partial charge in [0, 0.05) is 28.2 Å². The highest BCUT2D eigenvalue weighted by molar-refractivity contribution is 8.18. The Morgan fingerprint density at radius 2 is 2.14 bits per heavy atom. The van der Waals surface area contributed by atoms with Crippen LogP contribution in [0, 0.1) is 0 Å². The number of thioether (sulfide) groups is 1. The van der Waals surface area contributed by atoms with E-state index in [2.05, 4.69) is 39.3 Å². The summed E-state index contributed by atoms with van der Waals surface area (Å²) in [5.41, 5.74) is 1.89. The molecule has 1 fully saturated rings. The van der Waals surface area contributed by atoms with Crippen molar-refractivity contribution in [2.24, 2.45) is 4.99 Å². The van der Waals surface area contributed by atoms with Gasteiger partial charge in [0.1, 0.15) is 0 Å². The molecule has 6 nitrogen and oxygen atoms in total. The van der Waals surface area contributed by atoms with E-state index >= 15 is 0 Å². The van der Waals surface area contributed by atoms with Crippen LogP contribution in [0.1, 0.15) is 22.7 Å². The number of thiazole rings is 1. The summed E-state index contributed by atoms with van der Waals surface area (Å²) in [5.74, 6) is -0.114. The van der Waals surface area contributed by atoms with Crippen molar-refractivity contribution in [3.8, 4) is 0 Å². The third-order valence-electron chi connectivity index (χ3n) is 4.51. The standard InChI is InChI=1S/C21H23N5OS2/c1-26(2)10-4-3-5-19-23-13-16(28-19)12-18-20(27)25-21(29-18)24-15-6-7-17-14(11-15)8-9-22-17/h6-9,11-13,22H,3-5,10H2,1-2H3,(H,24,25,27)/b18-12-. The minimum absolute atomic E-state index is 0.114. The SMILES string of the molecule is CN(C)CCCCc1ncc(/C=C2\SC(=Nc3ccc4[nH]ccc4c3)NC2=O)s1. The van der Waals surface area contributed by atoms with E-state index in [1.54, 1.807) is 11.3 Å². The number of hydrogen-bond donors (Lipinski definition) is 2. The van der Waals surface area contributed by atoms with E-state index < -0.39 is 0 Å². The van der Waals surface area contributed by atoms with Gasteiger partial charge in [-0.2, -0.15) is 0 Å². The van der Waals surface area contributed by atoms with E-state index in [1.165, 1.54) is 11.8 Å². The summed E-state index contributed by atoms with van der Waals surface area (Å²) in [6.45, 7) is 1.10. The Balaban J connectivity index is 1.40. The number of aromatic nitrogens is 2. The molecule has 0 bridgehead atoms. The monoisotopic (exact) mass is 425 g/mol. The zero-order chi connectivity index (χ0) is 20.2. The van der Waals surface area contributed by atoms with Crippen molar-refractivity contribution >= 4 is 56.8 Å². The van der Waals surface area contributed by atoms with Gasteiger partial charge in [-0.25, -0.2) is 9.98 Å². The molecular formula is C21H23N5OS2. The maximum atomic E-state index is 12.3.